The molecule has 0 fully saturated rings. The predicted octanol–water partition coefficient (Wildman–Crippen LogP) is 2.66. The van der Waals surface area contributed by atoms with E-state index in [-0.39, 0.29) is 9.92 Å². The van der Waals surface area contributed by atoms with Crippen LogP contribution >= 0.6 is 11.3 Å². The molecular weight excluding hydrogens is 294 g/mol. The molecule has 1 heterocycles. The monoisotopic (exact) mass is 315 g/mol. The average molecular weight is 315 g/mol. The van der Waals surface area contributed by atoms with Crippen LogP contribution in [0.1, 0.15) is 32.1 Å². The molecule has 0 bridgehead atoms. The van der Waals surface area contributed by atoms with E-state index in [1.54, 1.807) is 6.07 Å². The van der Waals surface area contributed by atoms with Crippen LogP contribution in [0.5, 0.6) is 0 Å². The van der Waals surface area contributed by atoms with Crippen LogP contribution in [-0.4, -0.2) is 29.7 Å². The van der Waals surface area contributed by atoms with E-state index >= 15 is 0 Å². The predicted molar refractivity (Wildman–Crippen MR) is 81.5 cm³/mol. The highest BCUT2D eigenvalue weighted by Gasteiger charge is 2.15. The van der Waals surface area contributed by atoms with E-state index in [4.69, 9.17) is 4.74 Å². The first-order valence-corrected chi connectivity index (χ1v) is 7.50. The Kier molecular flexibility index (Phi) is 6.57. The maximum atomic E-state index is 11.4. The highest BCUT2D eigenvalue weighted by Crippen LogP contribution is 2.23. The second-order valence-electron chi connectivity index (χ2n) is 5.46. The molecule has 118 valence electrons. The van der Waals surface area contributed by atoms with Crippen LogP contribution in [0.2, 0.25) is 0 Å². The molecule has 0 saturated heterocycles. The molecule has 0 aliphatic heterocycles. The molecule has 1 aromatic heterocycles. The second kappa shape index (κ2) is 7.94. The molecule has 0 aromatic carbocycles. The van der Waals surface area contributed by atoms with E-state index in [1.165, 1.54) is 6.07 Å². The lowest BCUT2D eigenvalue weighted by Crippen LogP contribution is -2.33. The summed E-state index contributed by atoms with van der Waals surface area (Å²) in [5, 5.41) is 16.5. The molecule has 1 amide bonds. The first-order valence-electron chi connectivity index (χ1n) is 6.68. The van der Waals surface area contributed by atoms with Gasteiger partial charge in [-0.25, -0.2) is 4.79 Å². The largest absolute Gasteiger partial charge is 0.444 e. The van der Waals surface area contributed by atoms with Crippen molar-refractivity contribution in [2.24, 2.45) is 0 Å². The van der Waals surface area contributed by atoms with Gasteiger partial charge in [-0.3, -0.25) is 10.1 Å². The number of nitrogens with zero attached hydrogens (tertiary/aromatic N) is 1. The number of carbonyl (C=O) groups excluding carboxylic acids is 1. The number of nitrogens with one attached hydrogen (secondary N) is 2. The number of hydrogen-bond donors (Lipinski definition) is 2. The van der Waals surface area contributed by atoms with Crippen LogP contribution in [0.4, 0.5) is 9.80 Å². The maximum Gasteiger partial charge on any atom is 0.407 e. The summed E-state index contributed by atoms with van der Waals surface area (Å²) in [7, 11) is 0. The number of nitro groups is 1. The topological polar surface area (TPSA) is 93.5 Å². The van der Waals surface area contributed by atoms with Crippen molar-refractivity contribution in [1.82, 2.24) is 10.6 Å². The minimum Gasteiger partial charge on any atom is -0.444 e. The molecule has 7 nitrogen and oxygen atoms in total. The van der Waals surface area contributed by atoms with Crippen molar-refractivity contribution in [3.05, 3.63) is 27.1 Å². The van der Waals surface area contributed by atoms with Gasteiger partial charge in [-0.05, 0) is 39.8 Å². The van der Waals surface area contributed by atoms with E-state index in [0.29, 0.717) is 19.6 Å². The van der Waals surface area contributed by atoms with Crippen molar-refractivity contribution in [1.29, 1.82) is 0 Å². The van der Waals surface area contributed by atoms with Crippen LogP contribution in [0.25, 0.3) is 0 Å². The molecule has 0 aliphatic rings. The van der Waals surface area contributed by atoms with Crippen molar-refractivity contribution < 1.29 is 14.5 Å². The molecule has 0 spiro atoms. The van der Waals surface area contributed by atoms with Crippen molar-refractivity contribution in [3.63, 3.8) is 0 Å². The summed E-state index contributed by atoms with van der Waals surface area (Å²) in [6.07, 6.45) is 0.337. The Morgan fingerprint density at radius 3 is 2.67 bits per heavy atom. The Morgan fingerprint density at radius 1 is 1.38 bits per heavy atom. The molecule has 0 atom stereocenters. The molecule has 0 unspecified atom stereocenters. The minimum absolute atomic E-state index is 0.151. The van der Waals surface area contributed by atoms with Crippen LogP contribution < -0.4 is 10.6 Å². The van der Waals surface area contributed by atoms with Crippen LogP contribution in [0, 0.1) is 10.1 Å². The highest BCUT2D eigenvalue weighted by atomic mass is 32.1. The number of amides is 1. The molecule has 0 aliphatic carbocycles. The van der Waals surface area contributed by atoms with Gasteiger partial charge in [0.1, 0.15) is 5.60 Å². The molecule has 0 saturated carbocycles. The van der Waals surface area contributed by atoms with Crippen molar-refractivity contribution in [2.75, 3.05) is 13.1 Å². The number of thiophene rings is 1. The third kappa shape index (κ3) is 7.62. The van der Waals surface area contributed by atoms with Gasteiger partial charge in [-0.1, -0.05) is 11.3 Å². The van der Waals surface area contributed by atoms with Crippen LogP contribution in [0.3, 0.4) is 0 Å². The summed E-state index contributed by atoms with van der Waals surface area (Å²) >= 11 is 1.16. The molecule has 0 radical (unpaired) electrons. The van der Waals surface area contributed by atoms with Crippen LogP contribution in [0.15, 0.2) is 12.1 Å². The third-order valence-corrected chi connectivity index (χ3v) is 3.36. The summed E-state index contributed by atoms with van der Waals surface area (Å²) in [5.74, 6) is 0. The Morgan fingerprint density at radius 2 is 2.10 bits per heavy atom. The van der Waals surface area contributed by atoms with Gasteiger partial charge >= 0.3 is 11.1 Å². The summed E-state index contributed by atoms with van der Waals surface area (Å²) in [4.78, 5) is 22.4. The summed E-state index contributed by atoms with van der Waals surface area (Å²) in [6, 6.07) is 3.25. The van der Waals surface area contributed by atoms with Gasteiger partial charge < -0.3 is 15.4 Å². The lowest BCUT2D eigenvalue weighted by atomic mass is 10.2. The van der Waals surface area contributed by atoms with E-state index in [9.17, 15) is 14.9 Å². The molecule has 1 aromatic rings. The molecular formula is C13H21N3O4S. The first-order chi connectivity index (χ1) is 9.78. The fourth-order valence-electron chi connectivity index (χ4n) is 1.49. The highest BCUT2D eigenvalue weighted by molar-refractivity contribution is 7.15. The Bertz CT molecular complexity index is 482. The normalized spacial score (nSPS) is 11.2. The zero-order valence-electron chi connectivity index (χ0n) is 12.5. The number of carbonyl (C=O) groups is 1. The molecule has 1 rings (SSSR count). The average Bonchev–Trinajstić information content (AvgIpc) is 2.80. The molecule has 21 heavy (non-hydrogen) atoms. The zero-order valence-corrected chi connectivity index (χ0v) is 13.3. The van der Waals surface area contributed by atoms with Gasteiger partial charge in [-0.15, -0.1) is 0 Å². The Labute approximate surface area is 127 Å². The van der Waals surface area contributed by atoms with Gasteiger partial charge in [0.2, 0.25) is 0 Å². The van der Waals surface area contributed by atoms with Crippen molar-refractivity contribution in [3.8, 4) is 0 Å². The third-order valence-electron chi connectivity index (χ3n) is 2.33. The van der Waals surface area contributed by atoms with E-state index < -0.39 is 11.7 Å². The lowest BCUT2D eigenvalue weighted by molar-refractivity contribution is -0.380. The lowest BCUT2D eigenvalue weighted by Gasteiger charge is -2.19. The number of hydrogen-bond acceptors (Lipinski definition) is 6. The van der Waals surface area contributed by atoms with Crippen molar-refractivity contribution in [2.45, 2.75) is 39.3 Å². The fraction of sp³-hybridized carbons (Fsp3) is 0.615. The van der Waals surface area contributed by atoms with Crippen molar-refractivity contribution >= 4 is 22.4 Å². The minimum atomic E-state index is -0.490. The van der Waals surface area contributed by atoms with Gasteiger partial charge in [0.15, 0.2) is 0 Å². The maximum absolute atomic E-state index is 11.4. The first kappa shape index (κ1) is 17.4. The molecule has 8 heteroatoms. The standard InChI is InChI=1S/C13H21N3O4S/c1-13(2,3)20-12(17)15-8-4-7-14-9-10-5-6-11(21-10)16(18)19/h5-6,14H,4,7-9H2,1-3H3,(H,15,17). The van der Waals surface area contributed by atoms with Gasteiger partial charge in [0, 0.05) is 24.0 Å². The zero-order chi connectivity index (χ0) is 15.9. The summed E-state index contributed by atoms with van der Waals surface area (Å²) < 4.78 is 5.11. The van der Waals surface area contributed by atoms with E-state index in [2.05, 4.69) is 10.6 Å². The Hall–Kier alpha value is -1.67. The van der Waals surface area contributed by atoms with Gasteiger partial charge in [0.25, 0.3) is 0 Å². The quantitative estimate of drug-likeness (QED) is 0.458. The Balaban J connectivity index is 2.09. The summed E-state index contributed by atoms with van der Waals surface area (Å²) in [6.45, 7) is 7.26. The number of ether oxygens (including phenoxy) is 1. The number of rotatable bonds is 7. The SMILES string of the molecule is CC(C)(C)OC(=O)NCCCNCc1ccc([N+](=O)[O-])s1. The summed E-state index contributed by atoms with van der Waals surface area (Å²) in [5.41, 5.74) is -0.490. The second-order valence-corrected chi connectivity index (χ2v) is 6.60. The van der Waals surface area contributed by atoms with E-state index in [0.717, 1.165) is 22.6 Å². The van der Waals surface area contributed by atoms with Crippen LogP contribution in [-0.2, 0) is 11.3 Å². The molecule has 2 N–H and O–H groups in total. The van der Waals surface area contributed by atoms with Gasteiger partial charge in [-0.2, -0.15) is 0 Å². The smallest absolute Gasteiger partial charge is 0.407 e. The van der Waals surface area contributed by atoms with Gasteiger partial charge in [0.05, 0.1) is 4.92 Å². The van der Waals surface area contributed by atoms with E-state index in [1.807, 2.05) is 20.8 Å². The fourth-order valence-corrected chi connectivity index (χ4v) is 2.28. The number of alkyl carbamates (subject to hydrolysis) is 1.